The van der Waals surface area contributed by atoms with Gasteiger partial charge in [-0.1, -0.05) is 15.9 Å². The summed E-state index contributed by atoms with van der Waals surface area (Å²) in [6.45, 7) is 0. The summed E-state index contributed by atoms with van der Waals surface area (Å²) < 4.78 is 19.2. The van der Waals surface area contributed by atoms with E-state index in [-0.39, 0.29) is 17.0 Å². The van der Waals surface area contributed by atoms with Gasteiger partial charge in [-0.2, -0.15) is 0 Å². The monoisotopic (exact) mass is 339 g/mol. The highest BCUT2D eigenvalue weighted by Gasteiger charge is 2.14. The molecule has 6 heteroatoms. The number of anilines is 1. The number of nitrogens with one attached hydrogen (secondary N) is 1. The van der Waals surface area contributed by atoms with E-state index in [2.05, 4.69) is 21.2 Å². The Bertz CT molecular complexity index is 661. The molecule has 0 radical (unpaired) electrons. The average molecular weight is 340 g/mol. The largest absolute Gasteiger partial charge is 0.507 e. The van der Waals surface area contributed by atoms with Crippen molar-refractivity contribution < 1.29 is 19.0 Å². The number of benzene rings is 2. The zero-order valence-electron chi connectivity index (χ0n) is 10.5. The zero-order valence-corrected chi connectivity index (χ0v) is 12.1. The molecule has 0 atom stereocenters. The van der Waals surface area contributed by atoms with E-state index in [0.29, 0.717) is 10.2 Å². The van der Waals surface area contributed by atoms with Crippen LogP contribution in [-0.4, -0.2) is 18.1 Å². The van der Waals surface area contributed by atoms with Crippen LogP contribution in [0.4, 0.5) is 10.1 Å². The van der Waals surface area contributed by atoms with Crippen LogP contribution in [0.1, 0.15) is 10.4 Å². The van der Waals surface area contributed by atoms with Gasteiger partial charge in [0.05, 0.1) is 18.4 Å². The second-order valence-electron chi connectivity index (χ2n) is 3.96. The summed E-state index contributed by atoms with van der Waals surface area (Å²) in [7, 11) is 1.45. The maximum absolute atomic E-state index is 13.6. The molecule has 2 aromatic rings. The molecule has 4 nitrogen and oxygen atoms in total. The highest BCUT2D eigenvalue weighted by Crippen LogP contribution is 2.25. The first-order valence-corrected chi connectivity index (χ1v) is 6.44. The molecule has 0 saturated carbocycles. The van der Waals surface area contributed by atoms with Gasteiger partial charge in [0.25, 0.3) is 5.91 Å². The second-order valence-corrected chi connectivity index (χ2v) is 4.88. The smallest absolute Gasteiger partial charge is 0.259 e. The number of ether oxygens (including phenoxy) is 1. The van der Waals surface area contributed by atoms with Crippen molar-refractivity contribution in [3.05, 3.63) is 52.3 Å². The number of phenolic OH excluding ortho intramolecular Hbond substituents is 1. The fourth-order valence-electron chi connectivity index (χ4n) is 1.60. The number of phenols is 1. The number of rotatable bonds is 3. The lowest BCUT2D eigenvalue weighted by Crippen LogP contribution is -2.13. The molecule has 0 spiro atoms. The minimum absolute atomic E-state index is 0.00617. The van der Waals surface area contributed by atoms with Crippen molar-refractivity contribution in [1.82, 2.24) is 0 Å². The Morgan fingerprint density at radius 2 is 2.05 bits per heavy atom. The first-order valence-electron chi connectivity index (χ1n) is 5.64. The third-order valence-corrected chi connectivity index (χ3v) is 3.12. The Balaban J connectivity index is 2.28. The number of carbonyl (C=O) groups is 1. The predicted molar refractivity (Wildman–Crippen MR) is 76.7 cm³/mol. The predicted octanol–water partition coefficient (Wildman–Crippen LogP) is 3.55. The third-order valence-electron chi connectivity index (χ3n) is 2.63. The molecule has 0 aliphatic rings. The molecule has 0 fully saturated rings. The zero-order chi connectivity index (χ0) is 14.7. The number of hydrogen-bond donors (Lipinski definition) is 2. The van der Waals surface area contributed by atoms with Gasteiger partial charge in [-0.15, -0.1) is 0 Å². The summed E-state index contributed by atoms with van der Waals surface area (Å²) in [5, 5.41) is 12.1. The van der Waals surface area contributed by atoms with Crippen LogP contribution in [-0.2, 0) is 0 Å². The van der Waals surface area contributed by atoms with Gasteiger partial charge < -0.3 is 15.2 Å². The fourth-order valence-corrected chi connectivity index (χ4v) is 1.94. The molecule has 0 unspecified atom stereocenters. The van der Waals surface area contributed by atoms with E-state index < -0.39 is 11.7 Å². The molecule has 104 valence electrons. The van der Waals surface area contributed by atoms with Crippen molar-refractivity contribution in [3.63, 3.8) is 0 Å². The molecule has 2 aromatic carbocycles. The van der Waals surface area contributed by atoms with E-state index in [0.717, 1.165) is 0 Å². The first kappa shape index (κ1) is 14.3. The molecule has 0 saturated heterocycles. The summed E-state index contributed by atoms with van der Waals surface area (Å²) in [6.07, 6.45) is 0. The van der Waals surface area contributed by atoms with E-state index in [4.69, 9.17) is 4.74 Å². The van der Waals surface area contributed by atoms with Crippen molar-refractivity contribution >= 4 is 27.5 Å². The third kappa shape index (κ3) is 3.08. The summed E-state index contributed by atoms with van der Waals surface area (Å²) in [4.78, 5) is 12.0. The Morgan fingerprint density at radius 1 is 1.30 bits per heavy atom. The normalized spacial score (nSPS) is 10.2. The molecule has 0 aliphatic carbocycles. The number of aromatic hydroxyl groups is 1. The van der Waals surface area contributed by atoms with E-state index in [1.165, 1.54) is 37.4 Å². The molecular weight excluding hydrogens is 329 g/mol. The molecule has 0 heterocycles. The highest BCUT2D eigenvalue weighted by molar-refractivity contribution is 9.10. The number of amides is 1. The Morgan fingerprint density at radius 3 is 2.70 bits per heavy atom. The summed E-state index contributed by atoms with van der Waals surface area (Å²) in [5.74, 6) is -0.984. The van der Waals surface area contributed by atoms with Gasteiger partial charge in [-0.3, -0.25) is 4.79 Å². The fraction of sp³-hybridized carbons (Fsp3) is 0.0714. The van der Waals surface area contributed by atoms with Crippen molar-refractivity contribution in [1.29, 1.82) is 0 Å². The lowest BCUT2D eigenvalue weighted by atomic mass is 10.1. The van der Waals surface area contributed by atoms with Gasteiger partial charge in [0.2, 0.25) is 0 Å². The average Bonchev–Trinajstić information content (AvgIpc) is 2.42. The van der Waals surface area contributed by atoms with Crippen LogP contribution in [0.5, 0.6) is 11.5 Å². The van der Waals surface area contributed by atoms with Crippen molar-refractivity contribution in [3.8, 4) is 11.5 Å². The van der Waals surface area contributed by atoms with Crippen LogP contribution >= 0.6 is 15.9 Å². The van der Waals surface area contributed by atoms with Gasteiger partial charge in [-0.25, -0.2) is 4.39 Å². The van der Waals surface area contributed by atoms with Gasteiger partial charge in [0, 0.05) is 4.47 Å². The van der Waals surface area contributed by atoms with Crippen molar-refractivity contribution in [2.24, 2.45) is 0 Å². The molecule has 0 aromatic heterocycles. The first-order chi connectivity index (χ1) is 9.51. The SMILES string of the molecule is COc1ccc(O)c(C(=O)Nc2ccc(Br)cc2F)c1. The maximum atomic E-state index is 13.6. The van der Waals surface area contributed by atoms with E-state index in [1.54, 1.807) is 6.07 Å². The summed E-state index contributed by atoms with van der Waals surface area (Å²) in [5.41, 5.74) is 0.0343. The molecule has 2 rings (SSSR count). The standard InChI is InChI=1S/C14H11BrFNO3/c1-20-9-3-5-13(18)10(7-9)14(19)17-12-4-2-8(15)6-11(12)16/h2-7,18H,1H3,(H,17,19). The molecule has 2 N–H and O–H groups in total. The summed E-state index contributed by atoms with van der Waals surface area (Å²) in [6, 6.07) is 8.50. The van der Waals surface area contributed by atoms with Crippen LogP contribution in [0.2, 0.25) is 0 Å². The van der Waals surface area contributed by atoms with Crippen molar-refractivity contribution in [2.75, 3.05) is 12.4 Å². The number of methoxy groups -OCH3 is 1. The lowest BCUT2D eigenvalue weighted by Gasteiger charge is -2.09. The Kier molecular flexibility index (Phi) is 4.24. The second kappa shape index (κ2) is 5.92. The molecule has 0 bridgehead atoms. The van der Waals surface area contributed by atoms with Crippen molar-refractivity contribution in [2.45, 2.75) is 0 Å². The molecule has 1 amide bonds. The lowest BCUT2D eigenvalue weighted by molar-refractivity contribution is 0.102. The minimum atomic E-state index is -0.623. The van der Waals surface area contributed by atoms with Crippen LogP contribution in [0.15, 0.2) is 40.9 Å². The van der Waals surface area contributed by atoms with Gasteiger partial charge >= 0.3 is 0 Å². The quantitative estimate of drug-likeness (QED) is 0.898. The molecule has 20 heavy (non-hydrogen) atoms. The topological polar surface area (TPSA) is 58.6 Å². The van der Waals surface area contributed by atoms with Crippen LogP contribution in [0.25, 0.3) is 0 Å². The van der Waals surface area contributed by atoms with E-state index in [9.17, 15) is 14.3 Å². The Labute approximate surface area is 123 Å². The maximum Gasteiger partial charge on any atom is 0.259 e. The van der Waals surface area contributed by atoms with Crippen LogP contribution in [0, 0.1) is 5.82 Å². The van der Waals surface area contributed by atoms with Gasteiger partial charge in [0.15, 0.2) is 0 Å². The van der Waals surface area contributed by atoms with E-state index >= 15 is 0 Å². The highest BCUT2D eigenvalue weighted by atomic mass is 79.9. The molecular formula is C14H11BrFNO3. The summed E-state index contributed by atoms with van der Waals surface area (Å²) >= 11 is 3.13. The van der Waals surface area contributed by atoms with Gasteiger partial charge in [-0.05, 0) is 36.4 Å². The Hall–Kier alpha value is -2.08. The number of hydrogen-bond acceptors (Lipinski definition) is 3. The van der Waals surface area contributed by atoms with E-state index in [1.807, 2.05) is 0 Å². The van der Waals surface area contributed by atoms with Crippen LogP contribution < -0.4 is 10.1 Å². The molecule has 0 aliphatic heterocycles. The minimum Gasteiger partial charge on any atom is -0.507 e. The van der Waals surface area contributed by atoms with Gasteiger partial charge in [0.1, 0.15) is 17.3 Å². The van der Waals surface area contributed by atoms with Crippen LogP contribution in [0.3, 0.4) is 0 Å². The number of carbonyl (C=O) groups excluding carboxylic acids is 1. The number of halogens is 2.